The summed E-state index contributed by atoms with van der Waals surface area (Å²) in [4.78, 5) is 2.30. The topological polar surface area (TPSA) is 41.0 Å². The Kier molecular flexibility index (Phi) is 2.23. The Balaban J connectivity index is 2.11. The summed E-state index contributed by atoms with van der Waals surface area (Å²) < 4.78 is 0. The van der Waals surface area contributed by atoms with Gasteiger partial charge in [0.05, 0.1) is 0 Å². The van der Waals surface area contributed by atoms with Crippen molar-refractivity contribution >= 4 is 16.5 Å². The van der Waals surface area contributed by atoms with Crippen LogP contribution in [0.5, 0.6) is 0 Å². The quantitative estimate of drug-likeness (QED) is 0.683. The average molecular weight is 184 g/mol. The Bertz CT molecular complexity index is 236. The van der Waals surface area contributed by atoms with E-state index in [1.54, 1.807) is 16.8 Å². The van der Waals surface area contributed by atoms with Crippen LogP contribution in [0.3, 0.4) is 0 Å². The van der Waals surface area contributed by atoms with Crippen LogP contribution in [0.2, 0.25) is 0 Å². The smallest absolute Gasteiger partial charge is 0.208 e. The number of rotatable bonds is 1. The summed E-state index contributed by atoms with van der Waals surface area (Å²) in [7, 11) is 0. The number of hydrogen-bond donors (Lipinski definition) is 1. The normalized spacial score (nSPS) is 24.4. The highest BCUT2D eigenvalue weighted by atomic mass is 32.1. The Morgan fingerprint density at radius 3 is 3.33 bits per heavy atom. The minimum Gasteiger partial charge on any atom is -0.341 e. The van der Waals surface area contributed by atoms with Crippen molar-refractivity contribution in [2.24, 2.45) is 0 Å². The van der Waals surface area contributed by atoms with Crippen LogP contribution in [0.4, 0.5) is 5.13 Å². The first-order valence-electron chi connectivity index (χ1n) is 4.11. The minimum absolute atomic E-state index is 0.534. The fourth-order valence-corrected chi connectivity index (χ4v) is 2.11. The van der Waals surface area contributed by atoms with Gasteiger partial charge in [0.2, 0.25) is 5.13 Å². The minimum atomic E-state index is 0.534. The molecule has 0 radical (unpaired) electrons. The van der Waals surface area contributed by atoms with E-state index in [9.17, 15) is 0 Å². The fourth-order valence-electron chi connectivity index (χ4n) is 1.42. The van der Waals surface area contributed by atoms with Crippen molar-refractivity contribution in [3.8, 4) is 0 Å². The molecule has 1 aliphatic heterocycles. The molecule has 1 fully saturated rings. The molecule has 66 valence electrons. The molecule has 1 aliphatic rings. The molecule has 12 heavy (non-hydrogen) atoms. The maximum Gasteiger partial charge on any atom is 0.208 e. The van der Waals surface area contributed by atoms with Crippen LogP contribution in [-0.2, 0) is 0 Å². The first-order chi connectivity index (χ1) is 5.88. The van der Waals surface area contributed by atoms with Crippen LogP contribution < -0.4 is 10.2 Å². The number of piperazine rings is 1. The van der Waals surface area contributed by atoms with Gasteiger partial charge in [0.1, 0.15) is 5.51 Å². The highest BCUT2D eigenvalue weighted by Gasteiger charge is 2.19. The fraction of sp³-hybridized carbons (Fsp3) is 0.714. The van der Waals surface area contributed by atoms with E-state index >= 15 is 0 Å². The van der Waals surface area contributed by atoms with Gasteiger partial charge in [-0.2, -0.15) is 0 Å². The molecule has 0 amide bonds. The first kappa shape index (κ1) is 7.94. The van der Waals surface area contributed by atoms with Crippen LogP contribution in [0, 0.1) is 0 Å². The molecule has 0 aromatic carbocycles. The van der Waals surface area contributed by atoms with Crippen LogP contribution >= 0.6 is 11.3 Å². The van der Waals surface area contributed by atoms with Crippen LogP contribution in [0.15, 0.2) is 5.51 Å². The van der Waals surface area contributed by atoms with E-state index in [0.717, 1.165) is 24.8 Å². The van der Waals surface area contributed by atoms with E-state index in [4.69, 9.17) is 0 Å². The number of hydrogen-bond acceptors (Lipinski definition) is 5. The van der Waals surface area contributed by atoms with Gasteiger partial charge in [0, 0.05) is 25.7 Å². The largest absolute Gasteiger partial charge is 0.341 e. The molecule has 2 heterocycles. The van der Waals surface area contributed by atoms with Gasteiger partial charge in [-0.1, -0.05) is 11.3 Å². The summed E-state index contributed by atoms with van der Waals surface area (Å²) in [6.45, 7) is 5.33. The Morgan fingerprint density at radius 1 is 1.75 bits per heavy atom. The van der Waals surface area contributed by atoms with Gasteiger partial charge < -0.3 is 10.2 Å². The van der Waals surface area contributed by atoms with Crippen molar-refractivity contribution in [1.29, 1.82) is 0 Å². The van der Waals surface area contributed by atoms with E-state index in [1.165, 1.54) is 0 Å². The number of aromatic nitrogens is 2. The molecule has 5 heteroatoms. The van der Waals surface area contributed by atoms with E-state index in [0.29, 0.717) is 6.04 Å². The zero-order valence-corrected chi connectivity index (χ0v) is 7.84. The molecular formula is C7H12N4S. The van der Waals surface area contributed by atoms with E-state index in [1.807, 2.05) is 0 Å². The van der Waals surface area contributed by atoms with Gasteiger partial charge in [-0.15, -0.1) is 10.2 Å². The van der Waals surface area contributed by atoms with E-state index < -0.39 is 0 Å². The van der Waals surface area contributed by atoms with Crippen LogP contribution in [0.1, 0.15) is 6.92 Å². The van der Waals surface area contributed by atoms with Gasteiger partial charge in [-0.05, 0) is 6.92 Å². The van der Waals surface area contributed by atoms with Crippen molar-refractivity contribution < 1.29 is 0 Å². The third-order valence-electron chi connectivity index (χ3n) is 2.10. The van der Waals surface area contributed by atoms with Gasteiger partial charge in [-0.3, -0.25) is 0 Å². The maximum atomic E-state index is 4.06. The van der Waals surface area contributed by atoms with Gasteiger partial charge in [0.25, 0.3) is 0 Å². The molecule has 1 N–H and O–H groups in total. The molecule has 1 aromatic rings. The predicted octanol–water partition coefficient (Wildman–Crippen LogP) is 0.336. The second-order valence-electron chi connectivity index (χ2n) is 2.97. The second-order valence-corrected chi connectivity index (χ2v) is 3.78. The maximum absolute atomic E-state index is 4.06. The lowest BCUT2D eigenvalue weighted by Gasteiger charge is -2.33. The molecule has 0 bridgehead atoms. The molecule has 1 saturated heterocycles. The van der Waals surface area contributed by atoms with Gasteiger partial charge in [0.15, 0.2) is 0 Å². The predicted molar refractivity (Wildman–Crippen MR) is 49.6 cm³/mol. The summed E-state index contributed by atoms with van der Waals surface area (Å²) in [6, 6.07) is 0.534. The van der Waals surface area contributed by atoms with Crippen LogP contribution in [0.25, 0.3) is 0 Å². The lowest BCUT2D eigenvalue weighted by Crippen LogP contribution is -2.49. The van der Waals surface area contributed by atoms with Crippen LogP contribution in [-0.4, -0.2) is 35.9 Å². The van der Waals surface area contributed by atoms with E-state index in [-0.39, 0.29) is 0 Å². The zero-order chi connectivity index (χ0) is 8.39. The summed E-state index contributed by atoms with van der Waals surface area (Å²) in [5, 5.41) is 12.3. The third kappa shape index (κ3) is 1.42. The summed E-state index contributed by atoms with van der Waals surface area (Å²) in [6.07, 6.45) is 0. The number of anilines is 1. The lowest BCUT2D eigenvalue weighted by atomic mass is 10.2. The lowest BCUT2D eigenvalue weighted by molar-refractivity contribution is 0.499. The Labute approximate surface area is 75.6 Å². The van der Waals surface area contributed by atoms with Crippen molar-refractivity contribution in [3.63, 3.8) is 0 Å². The zero-order valence-electron chi connectivity index (χ0n) is 7.03. The standard InChI is InChI=1S/C7H12N4S/c1-6-4-8-2-3-11(6)7-10-9-5-12-7/h5-6,8H,2-4H2,1H3/t6-/m1/s1. The molecule has 4 nitrogen and oxygen atoms in total. The molecule has 1 aromatic heterocycles. The average Bonchev–Trinajstić information content (AvgIpc) is 2.57. The number of nitrogens with zero attached hydrogens (tertiary/aromatic N) is 3. The van der Waals surface area contributed by atoms with E-state index in [2.05, 4.69) is 27.3 Å². The van der Waals surface area contributed by atoms with Crippen molar-refractivity contribution in [3.05, 3.63) is 5.51 Å². The first-order valence-corrected chi connectivity index (χ1v) is 4.99. The highest BCUT2D eigenvalue weighted by Crippen LogP contribution is 2.18. The van der Waals surface area contributed by atoms with Gasteiger partial charge in [-0.25, -0.2) is 0 Å². The van der Waals surface area contributed by atoms with Crippen molar-refractivity contribution in [1.82, 2.24) is 15.5 Å². The Morgan fingerprint density at radius 2 is 2.67 bits per heavy atom. The second kappa shape index (κ2) is 3.37. The molecule has 0 aliphatic carbocycles. The molecule has 2 rings (SSSR count). The Hall–Kier alpha value is -0.680. The molecular weight excluding hydrogens is 172 g/mol. The van der Waals surface area contributed by atoms with Gasteiger partial charge >= 0.3 is 0 Å². The summed E-state index contributed by atoms with van der Waals surface area (Å²) >= 11 is 1.61. The third-order valence-corrected chi connectivity index (χ3v) is 2.82. The van der Waals surface area contributed by atoms with Crippen molar-refractivity contribution in [2.45, 2.75) is 13.0 Å². The number of nitrogens with one attached hydrogen (secondary N) is 1. The monoisotopic (exact) mass is 184 g/mol. The molecule has 0 spiro atoms. The molecule has 0 saturated carbocycles. The molecule has 0 unspecified atom stereocenters. The van der Waals surface area contributed by atoms with Crippen molar-refractivity contribution in [2.75, 3.05) is 24.5 Å². The summed E-state index contributed by atoms with van der Waals surface area (Å²) in [5.74, 6) is 0. The summed E-state index contributed by atoms with van der Waals surface area (Å²) in [5.41, 5.74) is 1.78. The SMILES string of the molecule is C[C@@H]1CNCCN1c1nncs1. The molecule has 1 atom stereocenters. The highest BCUT2D eigenvalue weighted by molar-refractivity contribution is 7.13.